The fourth-order valence-electron chi connectivity index (χ4n) is 2.42. The van der Waals surface area contributed by atoms with Crippen molar-refractivity contribution in [2.45, 2.75) is 18.6 Å². The van der Waals surface area contributed by atoms with Crippen molar-refractivity contribution in [2.24, 2.45) is 12.1 Å². The smallest absolute Gasteiger partial charge is 0.250 e. The second-order valence-electron chi connectivity index (χ2n) is 5.54. The summed E-state index contributed by atoms with van der Waals surface area (Å²) >= 11 is 1.34. The lowest BCUT2D eigenvalue weighted by atomic mass is 10.2. The first kappa shape index (κ1) is 17.9. The standard InChI is InChI=1S/C18H20N6OS/c1-3-24-17(14-8-5-4-6-9-14)21-22-18(24)26-13-16(25)20-19-12-15-10-7-11-23(15)2/h4-12H,3,13H2,1-2H3,(H,20,25). The van der Waals surface area contributed by atoms with Crippen molar-refractivity contribution in [3.63, 3.8) is 0 Å². The Morgan fingerprint density at radius 2 is 2.04 bits per heavy atom. The lowest BCUT2D eigenvalue weighted by Crippen LogP contribution is -2.20. The van der Waals surface area contributed by atoms with E-state index in [9.17, 15) is 4.79 Å². The predicted molar refractivity (Wildman–Crippen MR) is 103 cm³/mol. The lowest BCUT2D eigenvalue weighted by molar-refractivity contribution is -0.118. The first-order chi connectivity index (χ1) is 12.7. The van der Waals surface area contributed by atoms with Gasteiger partial charge in [-0.15, -0.1) is 10.2 Å². The van der Waals surface area contributed by atoms with Gasteiger partial charge in [0.2, 0.25) is 0 Å². The molecule has 0 unspecified atom stereocenters. The van der Waals surface area contributed by atoms with Gasteiger partial charge in [0, 0.05) is 25.4 Å². The molecule has 0 bridgehead atoms. The highest BCUT2D eigenvalue weighted by Gasteiger charge is 2.14. The van der Waals surface area contributed by atoms with E-state index in [-0.39, 0.29) is 11.7 Å². The molecule has 2 aromatic heterocycles. The van der Waals surface area contributed by atoms with Crippen molar-refractivity contribution in [1.29, 1.82) is 0 Å². The highest BCUT2D eigenvalue weighted by atomic mass is 32.2. The van der Waals surface area contributed by atoms with Gasteiger partial charge in [-0.3, -0.25) is 4.79 Å². The molecule has 7 nitrogen and oxygen atoms in total. The maximum absolute atomic E-state index is 12.0. The van der Waals surface area contributed by atoms with E-state index < -0.39 is 0 Å². The average Bonchev–Trinajstić information content (AvgIpc) is 3.26. The zero-order valence-electron chi connectivity index (χ0n) is 14.7. The van der Waals surface area contributed by atoms with Crippen LogP contribution >= 0.6 is 11.8 Å². The molecule has 3 aromatic rings. The summed E-state index contributed by atoms with van der Waals surface area (Å²) < 4.78 is 3.92. The topological polar surface area (TPSA) is 77.1 Å². The summed E-state index contributed by atoms with van der Waals surface area (Å²) in [5.41, 5.74) is 4.45. The third kappa shape index (κ3) is 4.20. The molecule has 2 heterocycles. The molecule has 3 rings (SSSR count). The van der Waals surface area contributed by atoms with E-state index in [1.165, 1.54) is 11.8 Å². The van der Waals surface area contributed by atoms with Crippen molar-refractivity contribution in [3.05, 3.63) is 54.4 Å². The average molecular weight is 368 g/mol. The molecular formula is C18H20N6OS. The van der Waals surface area contributed by atoms with Gasteiger partial charge >= 0.3 is 0 Å². The van der Waals surface area contributed by atoms with Crippen LogP contribution in [-0.4, -0.2) is 37.2 Å². The van der Waals surface area contributed by atoms with Crippen LogP contribution in [0.15, 0.2) is 58.9 Å². The second-order valence-corrected chi connectivity index (χ2v) is 6.48. The van der Waals surface area contributed by atoms with E-state index in [1.54, 1.807) is 6.21 Å². The summed E-state index contributed by atoms with van der Waals surface area (Å²) in [5.74, 6) is 0.835. The van der Waals surface area contributed by atoms with Gasteiger partial charge in [0.05, 0.1) is 17.7 Å². The van der Waals surface area contributed by atoms with Gasteiger partial charge in [-0.1, -0.05) is 42.1 Å². The molecule has 0 aliphatic rings. The Balaban J connectivity index is 1.59. The highest BCUT2D eigenvalue weighted by molar-refractivity contribution is 7.99. The fourth-order valence-corrected chi connectivity index (χ4v) is 3.22. The molecular weight excluding hydrogens is 348 g/mol. The van der Waals surface area contributed by atoms with Crippen molar-refractivity contribution in [2.75, 3.05) is 5.75 Å². The Kier molecular flexibility index (Phi) is 5.85. The molecule has 8 heteroatoms. The van der Waals surface area contributed by atoms with Crippen LogP contribution < -0.4 is 5.43 Å². The summed E-state index contributed by atoms with van der Waals surface area (Å²) in [6, 6.07) is 13.7. The molecule has 134 valence electrons. The van der Waals surface area contributed by atoms with Gasteiger partial charge in [0.15, 0.2) is 11.0 Å². The minimum atomic E-state index is -0.188. The van der Waals surface area contributed by atoms with Crippen LogP contribution in [-0.2, 0) is 18.4 Å². The number of aryl methyl sites for hydroxylation is 1. The van der Waals surface area contributed by atoms with Crippen LogP contribution in [0.25, 0.3) is 11.4 Å². The summed E-state index contributed by atoms with van der Waals surface area (Å²) in [6.45, 7) is 2.76. The maximum Gasteiger partial charge on any atom is 0.250 e. The predicted octanol–water partition coefficient (Wildman–Crippen LogP) is 2.55. The van der Waals surface area contributed by atoms with Gasteiger partial charge in [0.1, 0.15) is 0 Å². The van der Waals surface area contributed by atoms with Crippen molar-refractivity contribution >= 4 is 23.9 Å². The zero-order valence-corrected chi connectivity index (χ0v) is 15.5. The number of benzene rings is 1. The third-order valence-corrected chi connectivity index (χ3v) is 4.73. The summed E-state index contributed by atoms with van der Waals surface area (Å²) in [5, 5.41) is 13.2. The fraction of sp³-hybridized carbons (Fsp3) is 0.222. The molecule has 0 fully saturated rings. The number of carbonyl (C=O) groups excluding carboxylic acids is 1. The molecule has 0 radical (unpaired) electrons. The van der Waals surface area contributed by atoms with Gasteiger partial charge in [-0.25, -0.2) is 5.43 Å². The molecule has 1 amide bonds. The first-order valence-electron chi connectivity index (χ1n) is 8.23. The summed E-state index contributed by atoms with van der Waals surface area (Å²) in [6.07, 6.45) is 3.53. The molecule has 1 N–H and O–H groups in total. The number of hydrazone groups is 1. The molecule has 0 saturated carbocycles. The van der Waals surface area contributed by atoms with Crippen LogP contribution in [0.5, 0.6) is 0 Å². The van der Waals surface area contributed by atoms with E-state index in [2.05, 4.69) is 20.7 Å². The Morgan fingerprint density at radius 1 is 1.23 bits per heavy atom. The maximum atomic E-state index is 12.0. The summed E-state index contributed by atoms with van der Waals surface area (Å²) in [4.78, 5) is 12.0. The van der Waals surface area contributed by atoms with Crippen LogP contribution in [0.3, 0.4) is 0 Å². The Morgan fingerprint density at radius 3 is 2.73 bits per heavy atom. The van der Waals surface area contributed by atoms with Gasteiger partial charge in [-0.05, 0) is 19.1 Å². The molecule has 0 spiro atoms. The quantitative estimate of drug-likeness (QED) is 0.395. The van der Waals surface area contributed by atoms with Crippen LogP contribution in [0.1, 0.15) is 12.6 Å². The van der Waals surface area contributed by atoms with Crippen molar-refractivity contribution in [3.8, 4) is 11.4 Å². The van der Waals surface area contributed by atoms with Gasteiger partial charge in [-0.2, -0.15) is 5.10 Å². The second kappa shape index (κ2) is 8.48. The normalized spacial score (nSPS) is 11.2. The van der Waals surface area contributed by atoms with E-state index in [0.717, 1.165) is 23.6 Å². The van der Waals surface area contributed by atoms with E-state index in [4.69, 9.17) is 0 Å². The number of thioether (sulfide) groups is 1. The number of rotatable bonds is 7. The number of hydrogen-bond acceptors (Lipinski definition) is 5. The monoisotopic (exact) mass is 368 g/mol. The number of aromatic nitrogens is 4. The Labute approximate surface area is 156 Å². The Bertz CT molecular complexity index is 900. The van der Waals surface area contributed by atoms with Crippen LogP contribution in [0, 0.1) is 0 Å². The largest absolute Gasteiger partial charge is 0.350 e. The number of hydrogen-bond donors (Lipinski definition) is 1. The van der Waals surface area contributed by atoms with E-state index in [1.807, 2.05) is 71.8 Å². The molecule has 0 atom stereocenters. The van der Waals surface area contributed by atoms with E-state index in [0.29, 0.717) is 5.16 Å². The van der Waals surface area contributed by atoms with Gasteiger partial charge < -0.3 is 9.13 Å². The third-order valence-electron chi connectivity index (χ3n) is 3.77. The van der Waals surface area contributed by atoms with Gasteiger partial charge in [0.25, 0.3) is 5.91 Å². The number of nitrogens with one attached hydrogen (secondary N) is 1. The number of amides is 1. The lowest BCUT2D eigenvalue weighted by Gasteiger charge is -2.06. The van der Waals surface area contributed by atoms with Crippen LogP contribution in [0.4, 0.5) is 0 Å². The van der Waals surface area contributed by atoms with Crippen molar-refractivity contribution in [1.82, 2.24) is 24.8 Å². The minimum absolute atomic E-state index is 0.188. The molecule has 0 aliphatic heterocycles. The van der Waals surface area contributed by atoms with Crippen LogP contribution in [0.2, 0.25) is 0 Å². The summed E-state index contributed by atoms with van der Waals surface area (Å²) in [7, 11) is 1.92. The molecule has 0 aliphatic carbocycles. The molecule has 0 saturated heterocycles. The first-order valence-corrected chi connectivity index (χ1v) is 9.22. The minimum Gasteiger partial charge on any atom is -0.350 e. The van der Waals surface area contributed by atoms with E-state index >= 15 is 0 Å². The van der Waals surface area contributed by atoms with Crippen molar-refractivity contribution < 1.29 is 4.79 Å². The molecule has 1 aromatic carbocycles. The SMILES string of the molecule is CCn1c(SCC(=O)NN=Cc2cccn2C)nnc1-c1ccccc1. The highest BCUT2D eigenvalue weighted by Crippen LogP contribution is 2.23. The molecule has 26 heavy (non-hydrogen) atoms. The number of nitrogens with zero attached hydrogens (tertiary/aromatic N) is 5. The zero-order chi connectivity index (χ0) is 18.4. The Hall–Kier alpha value is -2.87. The number of carbonyl (C=O) groups is 1.